The Morgan fingerprint density at radius 3 is 1.13 bits per heavy atom. The van der Waals surface area contributed by atoms with Gasteiger partial charge in [0.25, 0.3) is 0 Å². The van der Waals surface area contributed by atoms with E-state index in [0.29, 0.717) is 28.7 Å². The number of nitrogens with zero attached hydrogens (tertiary/aromatic N) is 4. The molecular formula is C110H126N4+4. The molecule has 8 aliphatic carbocycles. The van der Waals surface area contributed by atoms with Crippen LogP contribution >= 0.6 is 0 Å². The van der Waals surface area contributed by atoms with Crippen molar-refractivity contribution in [2.24, 2.45) is 49.9 Å². The average molecular weight is 1520 g/mol. The molecule has 8 aromatic carbocycles. The Kier molecular flexibility index (Phi) is 16.5. The van der Waals surface area contributed by atoms with E-state index in [-0.39, 0.29) is 32.8 Å². The highest BCUT2D eigenvalue weighted by Gasteiger charge is 2.43. The van der Waals surface area contributed by atoms with Crippen LogP contribution in [-0.2, 0) is 79.4 Å². The Hall–Kier alpha value is -9.38. The number of aromatic nitrogens is 4. The van der Waals surface area contributed by atoms with Gasteiger partial charge in [0.2, 0.25) is 28.3 Å². The second kappa shape index (κ2) is 31.7. The quantitative estimate of drug-likeness (QED) is 0.141. The second-order valence-corrected chi connectivity index (χ2v) is 35.7. The highest BCUT2D eigenvalue weighted by Crippen LogP contribution is 2.53. The number of benzene rings is 8. The van der Waals surface area contributed by atoms with E-state index in [4.69, 9.17) is 23.3 Å². The molecule has 4 fully saturated rings. The Morgan fingerprint density at radius 1 is 0.298 bits per heavy atom. The lowest BCUT2D eigenvalue weighted by Crippen LogP contribution is -2.32. The van der Waals surface area contributed by atoms with Crippen LogP contribution in [0.25, 0.3) is 89.3 Å². The van der Waals surface area contributed by atoms with E-state index in [1.54, 1.807) is 18.6 Å². The molecule has 20 rings (SSSR count). The molecule has 114 heavy (non-hydrogen) atoms. The molecule has 0 atom stereocenters. The average Bonchev–Trinajstić information content (AvgIpc) is 1.55. The van der Waals surface area contributed by atoms with Gasteiger partial charge in [0.05, 0.1) is 0 Å². The predicted molar refractivity (Wildman–Crippen MR) is 476 cm³/mol. The maximum Gasteiger partial charge on any atom is 0.213 e. The van der Waals surface area contributed by atoms with E-state index in [1.807, 2.05) is 138 Å². The number of aryl methyl sites for hydroxylation is 13. The van der Waals surface area contributed by atoms with Crippen molar-refractivity contribution in [2.45, 2.75) is 235 Å². The summed E-state index contributed by atoms with van der Waals surface area (Å²) in [5, 5.41) is 1.23. The summed E-state index contributed by atoms with van der Waals surface area (Å²) in [6.07, 6.45) is 23.0. The van der Waals surface area contributed by atoms with Crippen molar-refractivity contribution in [2.75, 3.05) is 0 Å². The Morgan fingerprint density at radius 2 is 0.684 bits per heavy atom. The van der Waals surface area contributed by atoms with Gasteiger partial charge in [0, 0.05) is 98.0 Å². The lowest BCUT2D eigenvalue weighted by molar-refractivity contribution is -0.660. The highest BCUT2D eigenvalue weighted by atomic mass is 14.9. The fraction of sp³-hybridized carbons (Fsp3) is 0.400. The molecule has 0 amide bonds. The molecule has 4 heterocycles. The smallest absolute Gasteiger partial charge is 0.201 e. The first kappa shape index (κ1) is 59.3. The van der Waals surface area contributed by atoms with E-state index in [0.717, 1.165) is 222 Å². The first-order valence-electron chi connectivity index (χ1n) is 51.1. The van der Waals surface area contributed by atoms with Crippen molar-refractivity contribution >= 4 is 10.9 Å². The molecule has 0 radical (unpaired) electrons. The summed E-state index contributed by atoms with van der Waals surface area (Å²) in [5.41, 5.74) is 29.0. The van der Waals surface area contributed by atoms with Crippen LogP contribution in [0.3, 0.4) is 0 Å². The van der Waals surface area contributed by atoms with E-state index in [9.17, 15) is 0 Å². The van der Waals surface area contributed by atoms with Gasteiger partial charge in [-0.15, -0.1) is 0 Å². The van der Waals surface area contributed by atoms with Crippen molar-refractivity contribution in [3.8, 4) is 78.4 Å². The summed E-state index contributed by atoms with van der Waals surface area (Å²) < 4.78 is 154. The zero-order valence-corrected chi connectivity index (χ0v) is 69.1. The first-order chi connectivity index (χ1) is 61.8. The maximum absolute atomic E-state index is 9.14. The van der Waals surface area contributed by atoms with Crippen molar-refractivity contribution < 1.29 is 41.6 Å². The monoisotopic (exact) mass is 1520 g/mol. The molecule has 4 aromatic heterocycles. The topological polar surface area (TPSA) is 15.5 Å². The Bertz CT molecular complexity index is 6460. The van der Waals surface area contributed by atoms with E-state index < -0.39 is 46.0 Å². The highest BCUT2D eigenvalue weighted by molar-refractivity contribution is 5.84. The fourth-order valence-corrected chi connectivity index (χ4v) is 21.3. The summed E-state index contributed by atoms with van der Waals surface area (Å²) in [5.74, 6) is 0. The van der Waals surface area contributed by atoms with Crippen LogP contribution in [0.1, 0.15) is 240 Å². The molecule has 4 nitrogen and oxygen atoms in total. The normalized spacial score (nSPS) is 21.9. The molecule has 0 N–H and O–H groups in total. The van der Waals surface area contributed by atoms with Gasteiger partial charge >= 0.3 is 0 Å². The van der Waals surface area contributed by atoms with Crippen LogP contribution in [-0.4, -0.2) is 0 Å². The molecule has 0 saturated heterocycles. The van der Waals surface area contributed by atoms with E-state index in [2.05, 4.69) is 132 Å². The largest absolute Gasteiger partial charge is 0.213 e. The Labute approximate surface area is 707 Å². The van der Waals surface area contributed by atoms with Crippen LogP contribution < -0.4 is 18.3 Å². The summed E-state index contributed by atoms with van der Waals surface area (Å²) in [4.78, 5) is 0. The maximum atomic E-state index is 9.14. The molecule has 0 unspecified atom stereocenters. The van der Waals surface area contributed by atoms with Gasteiger partial charge in [-0.3, -0.25) is 0 Å². The van der Waals surface area contributed by atoms with Crippen molar-refractivity contribution in [1.82, 2.24) is 0 Å². The van der Waals surface area contributed by atoms with Gasteiger partial charge in [-0.1, -0.05) is 191 Å². The van der Waals surface area contributed by atoms with Gasteiger partial charge in [-0.05, 0) is 329 Å². The lowest BCUT2D eigenvalue weighted by Gasteiger charge is -2.41. The summed E-state index contributed by atoms with van der Waals surface area (Å²) in [6.45, 7) is 5.88. The van der Waals surface area contributed by atoms with Crippen LogP contribution in [0.5, 0.6) is 0 Å². The van der Waals surface area contributed by atoms with Crippen molar-refractivity contribution in [3.05, 3.63) is 295 Å². The minimum atomic E-state index is -2.28. The second-order valence-electron chi connectivity index (χ2n) is 35.7. The summed E-state index contributed by atoms with van der Waals surface area (Å²) >= 11 is 0. The van der Waals surface area contributed by atoms with Crippen LogP contribution in [0.4, 0.5) is 0 Å². The van der Waals surface area contributed by atoms with Crippen LogP contribution in [0.15, 0.2) is 201 Å². The number of hydrogen-bond acceptors (Lipinski definition) is 0. The van der Waals surface area contributed by atoms with Crippen molar-refractivity contribution in [3.63, 3.8) is 0 Å². The molecule has 4 spiro atoms. The fourth-order valence-electron chi connectivity index (χ4n) is 21.3. The van der Waals surface area contributed by atoms with Gasteiger partial charge in [0.15, 0.2) is 18.6 Å². The van der Waals surface area contributed by atoms with Crippen LogP contribution in [0.2, 0.25) is 0 Å². The molecule has 0 bridgehead atoms. The van der Waals surface area contributed by atoms with Gasteiger partial charge < -0.3 is 0 Å². The zero-order chi connectivity index (χ0) is 93.5. The summed E-state index contributed by atoms with van der Waals surface area (Å²) in [6, 6.07) is 61.3. The van der Waals surface area contributed by atoms with Gasteiger partial charge in [0.1, 0.15) is 28.2 Å². The first-order valence-corrected chi connectivity index (χ1v) is 42.6. The molecule has 4 heteroatoms. The van der Waals surface area contributed by atoms with Crippen molar-refractivity contribution in [1.29, 1.82) is 0 Å². The van der Waals surface area contributed by atoms with Crippen LogP contribution in [0, 0.1) is 83.8 Å². The molecule has 582 valence electrons. The standard InChI is InChI=1S/C29H34N.C28H32N.C27H30N.C26H30N/c1-21-9-5-6-10-26(21)28-18-27(22(2)20-30(28)3)24-11-12-25-19-29(14-7-4-8-15-29)16-13-23(25)17-24;1-20-9-5-6-10-25(20)27-16-26(21(2)19-29(27)3)22-11-12-23-17-28(18-24(23)15-22)13-7-4-8-14-28;1-19-8-4-5-9-24(19)26-15-25(20(2)18-28(26)3)21-10-11-22-16-27(12-6-7-13-27)17-23(22)14-21;1-17-13-18(2)19(3)22(14-17)25-10-8-21-23-16-26(11-5-6-12-26)15-20(23)7-9-24(21)27(25)4/h5-6,9-12,17-18,20H,4,7-8,13-16,19H2,1-3H3;5-6,9-12,15-16,19H,4,7-8,13-14,17-18H2,1-3H3;4-5,8-11,14-15,18H,6-7,12-13,16-17H2,1-3H3;7-10,13-14H,5-6,11-12,15-16H2,1-4H3/q4*+1/i2D3,13D2;2D3,18D2;2D3,17D2;15D2. The lowest BCUT2D eigenvalue weighted by atomic mass is 9.64. The van der Waals surface area contributed by atoms with Gasteiger partial charge in [-0.25, -0.2) is 13.7 Å². The van der Waals surface area contributed by atoms with E-state index in [1.165, 1.54) is 70.1 Å². The number of hydrogen-bond donors (Lipinski definition) is 0. The molecule has 4 saturated carbocycles. The zero-order valence-electron chi connectivity index (χ0n) is 86.1. The number of fused-ring (bicyclic) bond motifs is 6. The molecular weight excluding hydrogens is 1380 g/mol. The Balaban J connectivity index is 0.000000122. The number of pyridine rings is 4. The molecule has 8 aliphatic rings. The minimum absolute atomic E-state index is 0.0681. The van der Waals surface area contributed by atoms with Gasteiger partial charge in [-0.2, -0.15) is 4.57 Å². The molecule has 0 aliphatic heterocycles. The predicted octanol–water partition coefficient (Wildman–Crippen LogP) is 25.4. The SMILES string of the molecule is [2H]C([2H])([2H])c1c[n+](C)c(-c2ccccc2C)cc1-c1ccc2c(c1)C([2H])([2H])C1(CCCC1)C2.[2H]C([2H])([2H])c1c[n+](C)c(-c2ccccc2C)cc1-c1ccc2c(c1)C([2H])([2H])C1(CCCCC1)C2.[2H]C([2H])([2H])c1c[n+](C)c(-c2ccccc2C)cc1-c1ccc2c(c1)C([2H])([2H])CC1(CCCCC1)C2.[2H]C1([2H])c2ccc3c(ccc(-c4cc(C)cc(C)c4C)[n+]3C)c2CC12CCCC2. The third-order valence-corrected chi connectivity index (χ3v) is 27.7. The third-order valence-electron chi connectivity index (χ3n) is 27.7. The third kappa shape index (κ3) is 15.2. The van der Waals surface area contributed by atoms with E-state index >= 15 is 0 Å². The summed E-state index contributed by atoms with van der Waals surface area (Å²) in [7, 11) is 7.80. The molecule has 12 aromatic rings. The minimum Gasteiger partial charge on any atom is -0.201 e. The number of rotatable bonds is 7.